The van der Waals surface area contributed by atoms with E-state index in [4.69, 9.17) is 0 Å². The Morgan fingerprint density at radius 1 is 1.39 bits per heavy atom. The molecule has 0 fully saturated rings. The SMILES string of the molecule is CC(=O)NCCSc1nc(-c2ccccc2)cs1. The molecule has 1 N–H and O–H groups in total. The van der Waals surface area contributed by atoms with E-state index in [0.717, 1.165) is 21.3 Å². The summed E-state index contributed by atoms with van der Waals surface area (Å²) in [7, 11) is 0. The Bertz CT molecular complexity index is 511. The third kappa shape index (κ3) is 3.85. The number of rotatable bonds is 5. The van der Waals surface area contributed by atoms with Crippen molar-refractivity contribution in [1.29, 1.82) is 0 Å². The number of hydrogen-bond donors (Lipinski definition) is 1. The summed E-state index contributed by atoms with van der Waals surface area (Å²) < 4.78 is 1.04. The van der Waals surface area contributed by atoms with Crippen molar-refractivity contribution in [1.82, 2.24) is 10.3 Å². The van der Waals surface area contributed by atoms with Crippen molar-refractivity contribution in [3.8, 4) is 11.3 Å². The van der Waals surface area contributed by atoms with E-state index in [0.29, 0.717) is 6.54 Å². The van der Waals surface area contributed by atoms with Crippen molar-refractivity contribution in [2.24, 2.45) is 0 Å². The number of aromatic nitrogens is 1. The summed E-state index contributed by atoms with van der Waals surface area (Å²) in [4.78, 5) is 15.3. The van der Waals surface area contributed by atoms with Gasteiger partial charge in [-0.3, -0.25) is 4.79 Å². The molecule has 2 rings (SSSR count). The molecule has 0 atom stereocenters. The molecule has 1 aromatic carbocycles. The van der Waals surface area contributed by atoms with Crippen LogP contribution < -0.4 is 5.32 Å². The highest BCUT2D eigenvalue weighted by atomic mass is 32.2. The number of nitrogens with zero attached hydrogens (tertiary/aromatic N) is 1. The summed E-state index contributed by atoms with van der Waals surface area (Å²) in [5.74, 6) is 0.862. The van der Waals surface area contributed by atoms with Crippen LogP contribution in [0.4, 0.5) is 0 Å². The first-order chi connectivity index (χ1) is 8.75. The average Bonchev–Trinajstić information content (AvgIpc) is 2.84. The molecule has 2 aromatic rings. The Kier molecular flexibility index (Phi) is 4.78. The fourth-order valence-corrected chi connectivity index (χ4v) is 3.19. The summed E-state index contributed by atoms with van der Waals surface area (Å²) >= 11 is 3.31. The Labute approximate surface area is 115 Å². The number of nitrogens with one attached hydrogen (secondary N) is 1. The maximum Gasteiger partial charge on any atom is 0.216 e. The highest BCUT2D eigenvalue weighted by molar-refractivity contribution is 8.01. The zero-order chi connectivity index (χ0) is 12.8. The molecule has 18 heavy (non-hydrogen) atoms. The molecule has 0 bridgehead atoms. The highest BCUT2D eigenvalue weighted by Crippen LogP contribution is 2.27. The van der Waals surface area contributed by atoms with Crippen LogP contribution in [0.25, 0.3) is 11.3 Å². The number of carbonyl (C=O) groups is 1. The second-order valence-electron chi connectivity index (χ2n) is 3.70. The zero-order valence-corrected chi connectivity index (χ0v) is 11.7. The minimum absolute atomic E-state index is 0.0136. The third-order valence-corrected chi connectivity index (χ3v) is 4.28. The number of hydrogen-bond acceptors (Lipinski definition) is 4. The van der Waals surface area contributed by atoms with Crippen molar-refractivity contribution in [2.75, 3.05) is 12.3 Å². The minimum Gasteiger partial charge on any atom is -0.356 e. The summed E-state index contributed by atoms with van der Waals surface area (Å²) in [5.41, 5.74) is 2.16. The van der Waals surface area contributed by atoms with Gasteiger partial charge in [0.1, 0.15) is 0 Å². The summed E-state index contributed by atoms with van der Waals surface area (Å²) in [6, 6.07) is 10.1. The van der Waals surface area contributed by atoms with Crippen molar-refractivity contribution in [3.63, 3.8) is 0 Å². The van der Waals surface area contributed by atoms with Gasteiger partial charge in [0.05, 0.1) is 5.69 Å². The summed E-state index contributed by atoms with van der Waals surface area (Å²) in [6.07, 6.45) is 0. The molecule has 1 amide bonds. The van der Waals surface area contributed by atoms with Gasteiger partial charge >= 0.3 is 0 Å². The van der Waals surface area contributed by atoms with Crippen LogP contribution in [0.3, 0.4) is 0 Å². The van der Waals surface area contributed by atoms with E-state index in [1.54, 1.807) is 23.1 Å². The van der Waals surface area contributed by atoms with Gasteiger partial charge in [0.15, 0.2) is 4.34 Å². The molecule has 0 unspecified atom stereocenters. The standard InChI is InChI=1S/C13H14N2OS2/c1-10(16)14-7-8-17-13-15-12(9-18-13)11-5-3-2-4-6-11/h2-6,9H,7-8H2,1H3,(H,14,16). The minimum atomic E-state index is 0.0136. The van der Waals surface area contributed by atoms with E-state index in [1.165, 1.54) is 6.92 Å². The Hall–Kier alpha value is -1.33. The highest BCUT2D eigenvalue weighted by Gasteiger charge is 2.04. The Morgan fingerprint density at radius 3 is 2.89 bits per heavy atom. The topological polar surface area (TPSA) is 42.0 Å². The molecule has 0 spiro atoms. The number of thioether (sulfide) groups is 1. The van der Waals surface area contributed by atoms with Crippen LogP contribution in [0.1, 0.15) is 6.92 Å². The number of benzene rings is 1. The Balaban J connectivity index is 1.89. The first-order valence-electron chi connectivity index (χ1n) is 5.64. The van der Waals surface area contributed by atoms with Gasteiger partial charge in [-0.2, -0.15) is 0 Å². The lowest BCUT2D eigenvalue weighted by molar-refractivity contribution is -0.118. The quantitative estimate of drug-likeness (QED) is 0.675. The van der Waals surface area contributed by atoms with Gasteiger partial charge in [-0.25, -0.2) is 4.98 Å². The molecule has 5 heteroatoms. The monoisotopic (exact) mass is 278 g/mol. The van der Waals surface area contributed by atoms with Crippen LogP contribution in [0.15, 0.2) is 40.1 Å². The lowest BCUT2D eigenvalue weighted by Crippen LogP contribution is -2.22. The number of amides is 1. The first kappa shape index (κ1) is 13.1. The lowest BCUT2D eigenvalue weighted by Gasteiger charge is -1.99. The van der Waals surface area contributed by atoms with Crippen molar-refractivity contribution in [3.05, 3.63) is 35.7 Å². The van der Waals surface area contributed by atoms with Gasteiger partial charge < -0.3 is 5.32 Å². The lowest BCUT2D eigenvalue weighted by atomic mass is 10.2. The molecule has 0 aliphatic heterocycles. The van der Waals surface area contributed by atoms with E-state index in [9.17, 15) is 4.79 Å². The second kappa shape index (κ2) is 6.56. The largest absolute Gasteiger partial charge is 0.356 e. The molecule has 0 saturated carbocycles. The maximum atomic E-state index is 10.7. The van der Waals surface area contributed by atoms with E-state index >= 15 is 0 Å². The molecule has 1 heterocycles. The molecular weight excluding hydrogens is 264 g/mol. The second-order valence-corrected chi connectivity index (χ2v) is 5.90. The van der Waals surface area contributed by atoms with E-state index in [-0.39, 0.29) is 5.91 Å². The van der Waals surface area contributed by atoms with Crippen LogP contribution in [0.2, 0.25) is 0 Å². The Morgan fingerprint density at radius 2 is 2.17 bits per heavy atom. The van der Waals surface area contributed by atoms with Gasteiger partial charge in [0.2, 0.25) is 5.91 Å². The van der Waals surface area contributed by atoms with Crippen LogP contribution in [0, 0.1) is 0 Å². The zero-order valence-electron chi connectivity index (χ0n) is 10.1. The molecular formula is C13H14N2OS2. The molecule has 0 saturated heterocycles. The van der Waals surface area contributed by atoms with Crippen molar-refractivity contribution < 1.29 is 4.79 Å². The van der Waals surface area contributed by atoms with E-state index in [1.807, 2.05) is 18.2 Å². The molecule has 0 aliphatic rings. The van der Waals surface area contributed by atoms with Crippen LogP contribution in [0.5, 0.6) is 0 Å². The molecule has 0 aliphatic carbocycles. The smallest absolute Gasteiger partial charge is 0.216 e. The van der Waals surface area contributed by atoms with Crippen molar-refractivity contribution in [2.45, 2.75) is 11.3 Å². The van der Waals surface area contributed by atoms with Gasteiger partial charge in [-0.05, 0) is 0 Å². The molecule has 0 radical (unpaired) electrons. The first-order valence-corrected chi connectivity index (χ1v) is 7.50. The van der Waals surface area contributed by atoms with Gasteiger partial charge in [0.25, 0.3) is 0 Å². The fourth-order valence-electron chi connectivity index (χ4n) is 1.43. The van der Waals surface area contributed by atoms with Gasteiger partial charge in [0, 0.05) is 30.2 Å². The van der Waals surface area contributed by atoms with Crippen molar-refractivity contribution >= 4 is 29.0 Å². The molecule has 3 nitrogen and oxygen atoms in total. The summed E-state index contributed by atoms with van der Waals surface area (Å²) in [6.45, 7) is 2.21. The number of thiazole rings is 1. The maximum absolute atomic E-state index is 10.7. The number of carbonyl (C=O) groups excluding carboxylic acids is 1. The molecule has 1 aromatic heterocycles. The van der Waals surface area contributed by atoms with E-state index < -0.39 is 0 Å². The third-order valence-electron chi connectivity index (χ3n) is 2.25. The predicted molar refractivity (Wildman–Crippen MR) is 77.0 cm³/mol. The average molecular weight is 278 g/mol. The van der Waals surface area contributed by atoms with Crippen LogP contribution in [-0.4, -0.2) is 23.2 Å². The summed E-state index contributed by atoms with van der Waals surface area (Å²) in [5, 5.41) is 4.84. The normalized spacial score (nSPS) is 10.3. The van der Waals surface area contributed by atoms with Crippen LogP contribution >= 0.6 is 23.1 Å². The predicted octanol–water partition coefficient (Wildman–Crippen LogP) is 3.04. The fraction of sp³-hybridized carbons (Fsp3) is 0.231. The molecule has 94 valence electrons. The van der Waals surface area contributed by atoms with Crippen LogP contribution in [-0.2, 0) is 4.79 Å². The van der Waals surface area contributed by atoms with E-state index in [2.05, 4.69) is 27.8 Å². The van der Waals surface area contributed by atoms with Gasteiger partial charge in [-0.15, -0.1) is 11.3 Å². The van der Waals surface area contributed by atoms with Gasteiger partial charge in [-0.1, -0.05) is 42.1 Å².